The molecule has 0 unspecified atom stereocenters. The van der Waals surface area contributed by atoms with Gasteiger partial charge in [-0.1, -0.05) is 0 Å². The van der Waals surface area contributed by atoms with Gasteiger partial charge in [-0.15, -0.1) is 0 Å². The van der Waals surface area contributed by atoms with Gasteiger partial charge in [0.25, 0.3) is 0 Å². The molecular formula is C13H6F3N5O2. The van der Waals surface area contributed by atoms with Crippen LogP contribution in [-0.4, -0.2) is 24.7 Å². The molecule has 3 heterocycles. The maximum atomic E-state index is 13.7. The van der Waals surface area contributed by atoms with Gasteiger partial charge in [-0.2, -0.15) is 18.6 Å². The highest BCUT2D eigenvalue weighted by molar-refractivity contribution is 5.90. The van der Waals surface area contributed by atoms with Crippen molar-refractivity contribution in [3.63, 3.8) is 0 Å². The minimum Gasteiger partial charge on any atom is -0.407 e. The van der Waals surface area contributed by atoms with Crippen LogP contribution in [0.3, 0.4) is 0 Å². The molecule has 23 heavy (non-hydrogen) atoms. The molecule has 0 aliphatic rings. The summed E-state index contributed by atoms with van der Waals surface area (Å²) in [5.41, 5.74) is 0.469. The second-order valence-electron chi connectivity index (χ2n) is 4.64. The van der Waals surface area contributed by atoms with Crippen LogP contribution in [0, 0.1) is 5.82 Å². The molecule has 116 valence electrons. The van der Waals surface area contributed by atoms with Crippen molar-refractivity contribution in [2.75, 3.05) is 0 Å². The Morgan fingerprint density at radius 3 is 2.87 bits per heavy atom. The summed E-state index contributed by atoms with van der Waals surface area (Å²) >= 11 is 0. The summed E-state index contributed by atoms with van der Waals surface area (Å²) in [6, 6.07) is 2.50. The van der Waals surface area contributed by atoms with Crippen molar-refractivity contribution in [2.45, 2.75) is 6.55 Å². The second kappa shape index (κ2) is 4.66. The van der Waals surface area contributed by atoms with Gasteiger partial charge in [-0.3, -0.25) is 4.98 Å². The number of hydrogen-bond donors (Lipinski definition) is 1. The molecule has 0 saturated heterocycles. The van der Waals surface area contributed by atoms with E-state index in [2.05, 4.69) is 20.1 Å². The fourth-order valence-electron chi connectivity index (χ4n) is 2.31. The van der Waals surface area contributed by atoms with Gasteiger partial charge in [0.15, 0.2) is 17.0 Å². The minimum atomic E-state index is -2.84. The largest absolute Gasteiger partial charge is 0.417 e. The highest BCUT2D eigenvalue weighted by atomic mass is 19.3. The lowest BCUT2D eigenvalue weighted by Crippen LogP contribution is -2.01. The number of nitrogens with zero attached hydrogens (tertiary/aromatic N) is 4. The van der Waals surface area contributed by atoms with Crippen LogP contribution in [0.25, 0.3) is 33.5 Å². The molecule has 3 aromatic heterocycles. The van der Waals surface area contributed by atoms with Crippen molar-refractivity contribution in [1.82, 2.24) is 24.7 Å². The van der Waals surface area contributed by atoms with Crippen molar-refractivity contribution in [1.29, 1.82) is 0 Å². The van der Waals surface area contributed by atoms with Crippen LogP contribution in [0.5, 0.6) is 0 Å². The smallest absolute Gasteiger partial charge is 0.407 e. The number of alkyl halides is 2. The second-order valence-corrected chi connectivity index (χ2v) is 4.64. The summed E-state index contributed by atoms with van der Waals surface area (Å²) in [6.07, 6.45) is 2.37. The topological polar surface area (TPSA) is 89.6 Å². The van der Waals surface area contributed by atoms with Crippen LogP contribution in [0.15, 0.2) is 33.7 Å². The number of H-pyrrole nitrogens is 1. The van der Waals surface area contributed by atoms with Gasteiger partial charge in [0.1, 0.15) is 11.0 Å². The average Bonchev–Trinajstić information content (AvgIpc) is 3.10. The van der Waals surface area contributed by atoms with Crippen LogP contribution in [0.4, 0.5) is 13.2 Å². The van der Waals surface area contributed by atoms with Crippen LogP contribution < -0.4 is 5.76 Å². The lowest BCUT2D eigenvalue weighted by Gasteiger charge is -2.03. The standard InChI is InChI=1S/C13H6F3N5O2/c14-6-2-1-5(10-9(6)20-13(22)23-10)7-3-17-11-8(19-7)4-18-21(11)12(15)16/h1-4,12H,(H,20,22). The van der Waals surface area contributed by atoms with Crippen LogP contribution in [-0.2, 0) is 0 Å². The fourth-order valence-corrected chi connectivity index (χ4v) is 2.31. The number of nitrogens with one attached hydrogen (secondary N) is 1. The van der Waals surface area contributed by atoms with E-state index in [9.17, 15) is 18.0 Å². The molecule has 0 aliphatic heterocycles. The molecule has 4 rings (SSSR count). The number of fused-ring (bicyclic) bond motifs is 2. The van der Waals surface area contributed by atoms with E-state index in [1.807, 2.05) is 0 Å². The molecule has 7 nitrogen and oxygen atoms in total. The number of halogens is 3. The van der Waals surface area contributed by atoms with Crippen molar-refractivity contribution in [3.8, 4) is 11.3 Å². The van der Waals surface area contributed by atoms with Gasteiger partial charge in [0, 0.05) is 5.56 Å². The molecule has 0 spiro atoms. The molecule has 0 atom stereocenters. The first kappa shape index (κ1) is 13.5. The SMILES string of the molecule is O=c1[nH]c2c(F)ccc(-c3cnc4c(cnn4C(F)F)n3)c2o1. The molecule has 0 aliphatic carbocycles. The predicted octanol–water partition coefficient (Wildman–Crippen LogP) is 2.46. The Balaban J connectivity index is 1.96. The zero-order valence-corrected chi connectivity index (χ0v) is 11.1. The summed E-state index contributed by atoms with van der Waals surface area (Å²) in [5, 5.41) is 3.51. The summed E-state index contributed by atoms with van der Waals surface area (Å²) in [7, 11) is 0. The van der Waals surface area contributed by atoms with Crippen LogP contribution >= 0.6 is 0 Å². The van der Waals surface area contributed by atoms with Gasteiger partial charge < -0.3 is 4.42 Å². The van der Waals surface area contributed by atoms with E-state index in [4.69, 9.17) is 4.42 Å². The van der Waals surface area contributed by atoms with Crippen LogP contribution in [0.1, 0.15) is 6.55 Å². The van der Waals surface area contributed by atoms with Gasteiger partial charge in [0.05, 0.1) is 18.1 Å². The number of hydrogen-bond acceptors (Lipinski definition) is 5. The molecule has 1 aromatic carbocycles. The summed E-state index contributed by atoms with van der Waals surface area (Å²) < 4.78 is 44.5. The molecule has 0 amide bonds. The quantitative estimate of drug-likeness (QED) is 0.612. The molecule has 0 radical (unpaired) electrons. The third-order valence-electron chi connectivity index (χ3n) is 3.29. The third kappa shape index (κ3) is 1.99. The van der Waals surface area contributed by atoms with Gasteiger partial charge in [-0.05, 0) is 12.1 Å². The van der Waals surface area contributed by atoms with Crippen molar-refractivity contribution in [2.24, 2.45) is 0 Å². The van der Waals surface area contributed by atoms with Crippen molar-refractivity contribution in [3.05, 3.63) is 40.9 Å². The third-order valence-corrected chi connectivity index (χ3v) is 3.29. The normalized spacial score (nSPS) is 11.8. The predicted molar refractivity (Wildman–Crippen MR) is 72.4 cm³/mol. The van der Waals surface area contributed by atoms with E-state index in [-0.39, 0.29) is 28.0 Å². The summed E-state index contributed by atoms with van der Waals surface area (Å²) in [4.78, 5) is 21.6. The molecule has 0 saturated carbocycles. The molecular weight excluding hydrogens is 315 g/mol. The number of oxazole rings is 1. The number of aromatic amines is 1. The Morgan fingerprint density at radius 2 is 2.09 bits per heavy atom. The number of benzene rings is 1. The van der Waals surface area contributed by atoms with Crippen LogP contribution in [0.2, 0.25) is 0 Å². The van der Waals surface area contributed by atoms with Gasteiger partial charge >= 0.3 is 12.3 Å². The number of aromatic nitrogens is 5. The fraction of sp³-hybridized carbons (Fsp3) is 0.0769. The highest BCUT2D eigenvalue weighted by Gasteiger charge is 2.17. The average molecular weight is 321 g/mol. The van der Waals surface area contributed by atoms with E-state index in [0.29, 0.717) is 10.2 Å². The van der Waals surface area contributed by atoms with Gasteiger partial charge in [0.2, 0.25) is 0 Å². The van der Waals surface area contributed by atoms with E-state index >= 15 is 0 Å². The minimum absolute atomic E-state index is 0.0232. The van der Waals surface area contributed by atoms with Crippen molar-refractivity contribution < 1.29 is 17.6 Å². The zero-order valence-electron chi connectivity index (χ0n) is 11.1. The van der Waals surface area contributed by atoms with E-state index in [0.717, 1.165) is 12.3 Å². The monoisotopic (exact) mass is 321 g/mol. The first-order chi connectivity index (χ1) is 11.0. The highest BCUT2D eigenvalue weighted by Crippen LogP contribution is 2.28. The number of rotatable bonds is 2. The van der Waals surface area contributed by atoms with E-state index < -0.39 is 18.1 Å². The maximum absolute atomic E-state index is 13.7. The Labute approximate surface area is 124 Å². The van der Waals surface area contributed by atoms with Crippen molar-refractivity contribution >= 4 is 22.3 Å². The van der Waals surface area contributed by atoms with Gasteiger partial charge in [-0.25, -0.2) is 19.2 Å². The first-order valence-electron chi connectivity index (χ1n) is 6.34. The Bertz CT molecular complexity index is 1100. The molecule has 0 bridgehead atoms. The first-order valence-corrected chi connectivity index (χ1v) is 6.34. The molecule has 0 fully saturated rings. The Kier molecular flexibility index (Phi) is 2.73. The Hall–Kier alpha value is -3.17. The zero-order chi connectivity index (χ0) is 16.1. The summed E-state index contributed by atoms with van der Waals surface area (Å²) in [6.45, 7) is -2.84. The summed E-state index contributed by atoms with van der Waals surface area (Å²) in [5.74, 6) is -1.47. The lowest BCUT2D eigenvalue weighted by molar-refractivity contribution is 0.0608. The van der Waals surface area contributed by atoms with E-state index in [1.54, 1.807) is 0 Å². The molecule has 1 N–H and O–H groups in total. The lowest BCUT2D eigenvalue weighted by atomic mass is 10.1. The maximum Gasteiger partial charge on any atom is 0.417 e. The van der Waals surface area contributed by atoms with E-state index in [1.165, 1.54) is 12.3 Å². The molecule has 10 heteroatoms. The molecule has 4 aromatic rings. The Morgan fingerprint density at radius 1 is 1.26 bits per heavy atom.